The van der Waals surface area contributed by atoms with E-state index in [0.29, 0.717) is 0 Å². The second kappa shape index (κ2) is 9.73. The smallest absolute Gasteiger partial charge is 0.230 e. The molecule has 1 amide bonds. The molecule has 0 saturated carbocycles. The molecule has 1 fully saturated rings. The number of rotatable bonds is 6. The van der Waals surface area contributed by atoms with E-state index in [9.17, 15) is 4.79 Å². The summed E-state index contributed by atoms with van der Waals surface area (Å²) < 4.78 is 0. The molecule has 3 aromatic carbocycles. The van der Waals surface area contributed by atoms with Crippen LogP contribution in [0.1, 0.15) is 42.0 Å². The number of piperazine rings is 1. The Hall–Kier alpha value is -2.91. The zero-order valence-corrected chi connectivity index (χ0v) is 17.7. The maximum atomic E-state index is 13.3. The summed E-state index contributed by atoms with van der Waals surface area (Å²) in [5, 5.41) is 0. The Kier molecular flexibility index (Phi) is 6.60. The molecule has 0 spiro atoms. The van der Waals surface area contributed by atoms with E-state index in [0.717, 1.165) is 38.2 Å². The zero-order valence-electron chi connectivity index (χ0n) is 17.7. The lowest BCUT2D eigenvalue weighted by atomic mass is 9.94. The summed E-state index contributed by atoms with van der Waals surface area (Å²) in [5.74, 6) is 0.219. The third kappa shape index (κ3) is 4.47. The fourth-order valence-electron chi connectivity index (χ4n) is 4.54. The molecule has 1 aliphatic heterocycles. The minimum Gasteiger partial charge on any atom is -0.340 e. The molecule has 0 bridgehead atoms. The molecule has 3 heteroatoms. The van der Waals surface area contributed by atoms with Gasteiger partial charge in [0, 0.05) is 26.2 Å². The van der Waals surface area contributed by atoms with Crippen LogP contribution in [0.4, 0.5) is 0 Å². The standard InChI is InChI=1S/C27H30N2O/c1-2-25(22-12-6-3-7-13-22)27(30)29-20-18-28(19-21-29)26(23-14-8-4-9-15-23)24-16-10-5-11-17-24/h3-17,25-26H,2,18-21H2,1H3/t25-/m0/s1. The van der Waals surface area contributed by atoms with Crippen LogP contribution < -0.4 is 0 Å². The largest absolute Gasteiger partial charge is 0.340 e. The van der Waals surface area contributed by atoms with E-state index in [1.54, 1.807) is 0 Å². The molecule has 1 heterocycles. The predicted octanol–water partition coefficient (Wildman–Crippen LogP) is 5.11. The van der Waals surface area contributed by atoms with E-state index < -0.39 is 0 Å². The summed E-state index contributed by atoms with van der Waals surface area (Å²) in [6.45, 7) is 5.42. The first-order valence-electron chi connectivity index (χ1n) is 11.0. The molecule has 154 valence electrons. The van der Waals surface area contributed by atoms with Gasteiger partial charge in [-0.15, -0.1) is 0 Å². The normalized spacial score (nSPS) is 15.9. The van der Waals surface area contributed by atoms with Crippen LogP contribution in [0, 0.1) is 0 Å². The molecule has 0 unspecified atom stereocenters. The molecule has 30 heavy (non-hydrogen) atoms. The molecule has 0 N–H and O–H groups in total. The molecular formula is C27H30N2O. The third-order valence-corrected chi connectivity index (χ3v) is 6.13. The number of benzene rings is 3. The molecule has 1 aliphatic rings. The first-order chi connectivity index (χ1) is 14.8. The zero-order chi connectivity index (χ0) is 20.8. The summed E-state index contributed by atoms with van der Waals surface area (Å²) in [4.78, 5) is 17.8. The van der Waals surface area contributed by atoms with Gasteiger partial charge in [-0.1, -0.05) is 97.9 Å². The van der Waals surface area contributed by atoms with Crippen molar-refractivity contribution in [2.24, 2.45) is 0 Å². The van der Waals surface area contributed by atoms with E-state index >= 15 is 0 Å². The van der Waals surface area contributed by atoms with Crippen molar-refractivity contribution in [2.45, 2.75) is 25.3 Å². The van der Waals surface area contributed by atoms with Crippen molar-refractivity contribution in [3.05, 3.63) is 108 Å². The maximum Gasteiger partial charge on any atom is 0.230 e. The van der Waals surface area contributed by atoms with Gasteiger partial charge in [-0.2, -0.15) is 0 Å². The molecule has 3 nitrogen and oxygen atoms in total. The van der Waals surface area contributed by atoms with E-state index in [2.05, 4.69) is 89.5 Å². The van der Waals surface area contributed by atoms with Crippen molar-refractivity contribution in [3.8, 4) is 0 Å². The third-order valence-electron chi connectivity index (χ3n) is 6.13. The van der Waals surface area contributed by atoms with Gasteiger partial charge in [0.05, 0.1) is 12.0 Å². The van der Waals surface area contributed by atoms with Crippen LogP contribution in [-0.2, 0) is 4.79 Å². The van der Waals surface area contributed by atoms with Gasteiger partial charge in [0.25, 0.3) is 0 Å². The van der Waals surface area contributed by atoms with Crippen LogP contribution in [0.3, 0.4) is 0 Å². The van der Waals surface area contributed by atoms with Gasteiger partial charge in [0.15, 0.2) is 0 Å². The van der Waals surface area contributed by atoms with Crippen molar-refractivity contribution < 1.29 is 4.79 Å². The lowest BCUT2D eigenvalue weighted by molar-refractivity contribution is -0.134. The van der Waals surface area contributed by atoms with Gasteiger partial charge in [-0.3, -0.25) is 9.69 Å². The first kappa shape index (κ1) is 20.4. The van der Waals surface area contributed by atoms with Crippen LogP contribution in [0.2, 0.25) is 0 Å². The highest BCUT2D eigenvalue weighted by Gasteiger charge is 2.30. The summed E-state index contributed by atoms with van der Waals surface area (Å²) >= 11 is 0. The average molecular weight is 399 g/mol. The molecule has 1 atom stereocenters. The Bertz CT molecular complexity index is 879. The van der Waals surface area contributed by atoms with Crippen molar-refractivity contribution in [1.82, 2.24) is 9.80 Å². The van der Waals surface area contributed by atoms with Crippen molar-refractivity contribution in [3.63, 3.8) is 0 Å². The van der Waals surface area contributed by atoms with E-state index in [-0.39, 0.29) is 17.9 Å². The average Bonchev–Trinajstić information content (AvgIpc) is 2.82. The number of hydrogen-bond acceptors (Lipinski definition) is 2. The van der Waals surface area contributed by atoms with E-state index in [1.807, 2.05) is 18.2 Å². The minimum absolute atomic E-state index is 0.0446. The van der Waals surface area contributed by atoms with Crippen LogP contribution in [0.25, 0.3) is 0 Å². The second-order valence-corrected chi connectivity index (χ2v) is 7.96. The van der Waals surface area contributed by atoms with Gasteiger partial charge in [-0.25, -0.2) is 0 Å². The van der Waals surface area contributed by atoms with Gasteiger partial charge in [0.1, 0.15) is 0 Å². The second-order valence-electron chi connectivity index (χ2n) is 7.96. The Morgan fingerprint density at radius 2 is 1.13 bits per heavy atom. The summed E-state index contributed by atoms with van der Waals surface area (Å²) in [6.07, 6.45) is 0.833. The van der Waals surface area contributed by atoms with E-state index in [1.165, 1.54) is 11.1 Å². The molecule has 1 saturated heterocycles. The molecular weight excluding hydrogens is 368 g/mol. The highest BCUT2D eigenvalue weighted by atomic mass is 16.2. The molecule has 4 rings (SSSR count). The molecule has 0 radical (unpaired) electrons. The summed E-state index contributed by atoms with van der Waals surface area (Å²) in [7, 11) is 0. The molecule has 3 aromatic rings. The highest BCUT2D eigenvalue weighted by Crippen LogP contribution is 2.30. The van der Waals surface area contributed by atoms with Crippen LogP contribution >= 0.6 is 0 Å². The predicted molar refractivity (Wildman–Crippen MR) is 122 cm³/mol. The fraction of sp³-hybridized carbons (Fsp3) is 0.296. The summed E-state index contributed by atoms with van der Waals surface area (Å²) in [6, 6.07) is 31.8. The van der Waals surface area contributed by atoms with Gasteiger partial charge in [-0.05, 0) is 23.1 Å². The molecule has 0 aliphatic carbocycles. The van der Waals surface area contributed by atoms with Gasteiger partial charge in [0.2, 0.25) is 5.91 Å². The van der Waals surface area contributed by atoms with Crippen molar-refractivity contribution in [2.75, 3.05) is 26.2 Å². The monoisotopic (exact) mass is 398 g/mol. The van der Waals surface area contributed by atoms with Crippen LogP contribution in [0.5, 0.6) is 0 Å². The van der Waals surface area contributed by atoms with Crippen molar-refractivity contribution >= 4 is 5.91 Å². The number of nitrogens with zero attached hydrogens (tertiary/aromatic N) is 2. The van der Waals surface area contributed by atoms with Crippen molar-refractivity contribution in [1.29, 1.82) is 0 Å². The highest BCUT2D eigenvalue weighted by molar-refractivity contribution is 5.83. The quantitative estimate of drug-likeness (QED) is 0.576. The Labute approximate surface area is 180 Å². The van der Waals surface area contributed by atoms with Gasteiger partial charge < -0.3 is 4.90 Å². The number of hydrogen-bond donors (Lipinski definition) is 0. The number of carbonyl (C=O) groups is 1. The van der Waals surface area contributed by atoms with Gasteiger partial charge >= 0.3 is 0 Å². The lowest BCUT2D eigenvalue weighted by Gasteiger charge is -2.40. The number of amides is 1. The lowest BCUT2D eigenvalue weighted by Crippen LogP contribution is -2.51. The SMILES string of the molecule is CC[C@H](C(=O)N1CCN(C(c2ccccc2)c2ccccc2)CC1)c1ccccc1. The Morgan fingerprint density at radius 3 is 1.57 bits per heavy atom. The topological polar surface area (TPSA) is 23.6 Å². The van der Waals surface area contributed by atoms with Crippen LogP contribution in [-0.4, -0.2) is 41.9 Å². The molecule has 0 aromatic heterocycles. The maximum absolute atomic E-state index is 13.3. The fourth-order valence-corrected chi connectivity index (χ4v) is 4.54. The Balaban J connectivity index is 1.49. The number of carbonyl (C=O) groups excluding carboxylic acids is 1. The first-order valence-corrected chi connectivity index (χ1v) is 11.0. The van der Waals surface area contributed by atoms with Crippen LogP contribution in [0.15, 0.2) is 91.0 Å². The summed E-state index contributed by atoms with van der Waals surface area (Å²) in [5.41, 5.74) is 3.73. The Morgan fingerprint density at radius 1 is 0.700 bits per heavy atom. The minimum atomic E-state index is -0.0446. The van der Waals surface area contributed by atoms with E-state index in [4.69, 9.17) is 0 Å².